The summed E-state index contributed by atoms with van der Waals surface area (Å²) in [6.07, 6.45) is 0. The summed E-state index contributed by atoms with van der Waals surface area (Å²) in [5.74, 6) is 0. The second-order valence-corrected chi connectivity index (χ2v) is 16.1. The van der Waals surface area contributed by atoms with Crippen molar-refractivity contribution in [2.24, 2.45) is 0 Å². The second-order valence-electron chi connectivity index (χ2n) is 16.1. The Morgan fingerprint density at radius 2 is 0.474 bits per heavy atom. The monoisotopic (exact) mass is 721 g/mol. The first kappa shape index (κ1) is 31.0. The Hall–Kier alpha value is -7.22. The fourth-order valence-corrected chi connectivity index (χ4v) is 11.6. The molecule has 1 heteroatoms. The summed E-state index contributed by atoms with van der Waals surface area (Å²) in [6, 6.07) is 74.5. The van der Waals surface area contributed by atoms with Gasteiger partial charge in [0, 0.05) is 16.8 Å². The molecule has 0 atom stereocenters. The number of fused-ring (bicyclic) bond motifs is 20. The molecular weight excluding hydrogens is 687 g/mol. The third kappa shape index (κ3) is 3.66. The number of hydrogen-bond donors (Lipinski definition) is 1. The lowest BCUT2D eigenvalue weighted by Crippen LogP contribution is -2.25. The molecule has 0 saturated carbocycles. The number of benzene rings is 9. The lowest BCUT2D eigenvalue weighted by molar-refractivity contribution is 0.794. The van der Waals surface area contributed by atoms with Crippen molar-refractivity contribution in [3.63, 3.8) is 0 Å². The van der Waals surface area contributed by atoms with E-state index in [0.29, 0.717) is 0 Å². The molecule has 4 aliphatic rings. The van der Waals surface area contributed by atoms with Gasteiger partial charge in [-0.05, 0) is 112 Å². The van der Waals surface area contributed by atoms with Gasteiger partial charge in [-0.15, -0.1) is 0 Å². The number of rotatable bonds is 2. The molecule has 9 aromatic rings. The predicted octanol–water partition coefficient (Wildman–Crippen LogP) is 13.3. The summed E-state index contributed by atoms with van der Waals surface area (Å²) in [5, 5.41) is 0. The number of hydrogen-bond acceptors (Lipinski definition) is 1. The predicted molar refractivity (Wildman–Crippen MR) is 234 cm³/mol. The van der Waals surface area contributed by atoms with Gasteiger partial charge in [-0.3, -0.25) is 0 Å². The topological polar surface area (TPSA) is 26.0 Å². The first-order chi connectivity index (χ1) is 28.2. The van der Waals surface area contributed by atoms with Crippen LogP contribution in [0.15, 0.2) is 200 Å². The van der Waals surface area contributed by atoms with Gasteiger partial charge in [0.15, 0.2) is 0 Å². The Balaban J connectivity index is 0.976. The highest BCUT2D eigenvalue weighted by atomic mass is 14.6. The van der Waals surface area contributed by atoms with Crippen LogP contribution in [0.4, 0.5) is 5.69 Å². The first-order valence-corrected chi connectivity index (χ1v) is 20.0. The van der Waals surface area contributed by atoms with Crippen LogP contribution in [0, 0.1) is 0 Å². The van der Waals surface area contributed by atoms with Crippen LogP contribution in [0.5, 0.6) is 0 Å². The summed E-state index contributed by atoms with van der Waals surface area (Å²) < 4.78 is 0. The number of nitrogens with two attached hydrogens (primary N) is 1. The molecular formula is C56H35N. The molecule has 0 aromatic heterocycles. The van der Waals surface area contributed by atoms with Gasteiger partial charge in [0.2, 0.25) is 0 Å². The maximum Gasteiger partial charge on any atom is 0.0725 e. The van der Waals surface area contributed by atoms with Gasteiger partial charge >= 0.3 is 0 Å². The van der Waals surface area contributed by atoms with E-state index in [2.05, 4.69) is 200 Å². The number of anilines is 1. The molecule has 9 aromatic carbocycles. The normalized spacial score (nSPS) is 14.7. The van der Waals surface area contributed by atoms with Crippen LogP contribution in [0.2, 0.25) is 0 Å². The van der Waals surface area contributed by atoms with E-state index in [9.17, 15) is 0 Å². The Morgan fingerprint density at radius 1 is 0.228 bits per heavy atom. The van der Waals surface area contributed by atoms with E-state index < -0.39 is 0 Å². The standard InChI is InChI=1S/C56H35N/c57-54-36(34-28-30-52-44(32-34)42-18-5-11-26-50(42)55(52)46-22-7-1-14-38(46)39-15-2-8-23-47(39)55)20-13-21-37(54)35-29-31-53-45(33-35)43-19-6-12-27-51(43)56(53)48-24-9-3-16-40(48)41-17-4-10-25-49(41)56/h1-33H,57H2. The minimum absolute atomic E-state index is 0.358. The highest BCUT2D eigenvalue weighted by Gasteiger charge is 2.53. The molecule has 2 N–H and O–H groups in total. The lowest BCUT2D eigenvalue weighted by atomic mass is 9.70. The van der Waals surface area contributed by atoms with Gasteiger partial charge in [0.05, 0.1) is 10.8 Å². The van der Waals surface area contributed by atoms with E-state index >= 15 is 0 Å². The summed E-state index contributed by atoms with van der Waals surface area (Å²) in [4.78, 5) is 0. The molecule has 13 rings (SSSR count). The SMILES string of the molecule is Nc1c(-c2ccc3c(c2)-c2ccccc2C32c3ccccc3-c3ccccc32)cccc1-c1ccc2c(c1)-c1ccccc1C21c2ccccc2-c2ccccc21. The highest BCUT2D eigenvalue weighted by Crippen LogP contribution is 2.64. The van der Waals surface area contributed by atoms with Crippen molar-refractivity contribution >= 4 is 5.69 Å². The van der Waals surface area contributed by atoms with E-state index in [1.54, 1.807) is 0 Å². The molecule has 0 radical (unpaired) electrons. The van der Waals surface area contributed by atoms with Gasteiger partial charge in [-0.1, -0.05) is 188 Å². The maximum atomic E-state index is 7.31. The molecule has 0 unspecified atom stereocenters. The quantitative estimate of drug-likeness (QED) is 0.177. The van der Waals surface area contributed by atoms with E-state index in [1.807, 2.05) is 0 Å². The minimum Gasteiger partial charge on any atom is -0.398 e. The molecule has 0 amide bonds. The van der Waals surface area contributed by atoms with Crippen LogP contribution in [0.3, 0.4) is 0 Å². The van der Waals surface area contributed by atoms with Gasteiger partial charge < -0.3 is 5.73 Å². The molecule has 1 nitrogen and oxygen atoms in total. The Bertz CT molecular complexity index is 2910. The zero-order chi connectivity index (χ0) is 37.5. The van der Waals surface area contributed by atoms with Gasteiger partial charge in [-0.25, -0.2) is 0 Å². The smallest absolute Gasteiger partial charge is 0.0725 e. The maximum absolute atomic E-state index is 7.31. The van der Waals surface area contributed by atoms with Crippen molar-refractivity contribution in [2.75, 3.05) is 5.73 Å². The molecule has 57 heavy (non-hydrogen) atoms. The highest BCUT2D eigenvalue weighted by molar-refractivity contribution is 6.00. The van der Waals surface area contributed by atoms with E-state index in [-0.39, 0.29) is 10.8 Å². The fraction of sp³-hybridized carbons (Fsp3) is 0.0357. The molecule has 0 saturated heterocycles. The minimum atomic E-state index is -0.358. The van der Waals surface area contributed by atoms with Crippen molar-refractivity contribution in [3.05, 3.63) is 245 Å². The summed E-state index contributed by atoms with van der Waals surface area (Å²) >= 11 is 0. The third-order valence-corrected chi connectivity index (χ3v) is 13.7. The first-order valence-electron chi connectivity index (χ1n) is 20.0. The van der Waals surface area contributed by atoms with E-state index in [1.165, 1.54) is 89.0 Å². The molecule has 2 spiro atoms. The lowest BCUT2D eigenvalue weighted by Gasteiger charge is -2.30. The summed E-state index contributed by atoms with van der Waals surface area (Å²) in [6.45, 7) is 0. The van der Waals surface area contributed by atoms with Crippen molar-refractivity contribution in [3.8, 4) is 66.8 Å². The van der Waals surface area contributed by atoms with E-state index in [4.69, 9.17) is 5.73 Å². The van der Waals surface area contributed by atoms with E-state index in [0.717, 1.165) is 27.9 Å². The molecule has 0 heterocycles. The molecule has 0 bridgehead atoms. The van der Waals surface area contributed by atoms with Crippen molar-refractivity contribution in [2.45, 2.75) is 10.8 Å². The molecule has 0 aliphatic heterocycles. The van der Waals surface area contributed by atoms with Gasteiger partial charge in [-0.2, -0.15) is 0 Å². The Morgan fingerprint density at radius 3 is 0.789 bits per heavy atom. The van der Waals surface area contributed by atoms with Crippen LogP contribution in [-0.4, -0.2) is 0 Å². The summed E-state index contributed by atoms with van der Waals surface area (Å²) in [5.41, 5.74) is 33.0. The fourth-order valence-electron chi connectivity index (χ4n) is 11.6. The third-order valence-electron chi connectivity index (χ3n) is 13.7. The number of para-hydroxylation sites is 1. The van der Waals surface area contributed by atoms with Crippen molar-refractivity contribution in [1.82, 2.24) is 0 Å². The zero-order valence-corrected chi connectivity index (χ0v) is 31.1. The zero-order valence-electron chi connectivity index (χ0n) is 31.1. The largest absolute Gasteiger partial charge is 0.398 e. The van der Waals surface area contributed by atoms with Crippen molar-refractivity contribution in [1.29, 1.82) is 0 Å². The molecule has 264 valence electrons. The Labute approximate surface area is 332 Å². The summed E-state index contributed by atoms with van der Waals surface area (Å²) in [7, 11) is 0. The van der Waals surface area contributed by atoms with Crippen LogP contribution in [-0.2, 0) is 10.8 Å². The van der Waals surface area contributed by atoms with Crippen LogP contribution in [0.1, 0.15) is 44.5 Å². The molecule has 0 fully saturated rings. The average molecular weight is 722 g/mol. The number of nitrogen functional groups attached to an aromatic ring is 1. The second kappa shape index (κ2) is 11.0. The van der Waals surface area contributed by atoms with Crippen LogP contribution < -0.4 is 5.73 Å². The van der Waals surface area contributed by atoms with Gasteiger partial charge in [0.25, 0.3) is 0 Å². The van der Waals surface area contributed by atoms with Crippen molar-refractivity contribution < 1.29 is 0 Å². The average Bonchev–Trinajstić information content (AvgIpc) is 3.95. The van der Waals surface area contributed by atoms with Crippen LogP contribution in [0.25, 0.3) is 66.8 Å². The van der Waals surface area contributed by atoms with Crippen LogP contribution >= 0.6 is 0 Å². The van der Waals surface area contributed by atoms with Gasteiger partial charge in [0.1, 0.15) is 0 Å². The molecule has 4 aliphatic carbocycles. The Kier molecular flexibility index (Phi) is 5.97.